The quantitative estimate of drug-likeness (QED) is 0.530. The summed E-state index contributed by atoms with van der Waals surface area (Å²) in [6.07, 6.45) is 6.41. The molecule has 0 saturated heterocycles. The van der Waals surface area contributed by atoms with Crippen molar-refractivity contribution in [3.8, 4) is 0 Å². The molecule has 2 N–H and O–H groups in total. The fourth-order valence-electron chi connectivity index (χ4n) is 4.90. The molecule has 2 fully saturated rings. The van der Waals surface area contributed by atoms with Crippen LogP contribution < -0.4 is 10.6 Å². The van der Waals surface area contributed by atoms with E-state index in [4.69, 9.17) is 0 Å². The predicted octanol–water partition coefficient (Wildman–Crippen LogP) is 4.07. The summed E-state index contributed by atoms with van der Waals surface area (Å²) in [4.78, 5) is 26.3. The van der Waals surface area contributed by atoms with Gasteiger partial charge in [-0.25, -0.2) is 23.4 Å². The van der Waals surface area contributed by atoms with E-state index in [-0.39, 0.29) is 11.4 Å². The Kier molecular flexibility index (Phi) is 6.37. The van der Waals surface area contributed by atoms with Gasteiger partial charge in [-0.05, 0) is 54.6 Å². The molecule has 0 radical (unpaired) electrons. The average Bonchev–Trinajstić information content (AvgIpc) is 3.25. The molecule has 2 saturated carbocycles. The molecule has 3 rings (SSSR count). The molecule has 29 heavy (non-hydrogen) atoms. The van der Waals surface area contributed by atoms with Gasteiger partial charge in [0.15, 0.2) is 0 Å². The van der Waals surface area contributed by atoms with Crippen LogP contribution in [0.5, 0.6) is 0 Å². The second kappa shape index (κ2) is 8.62. The number of hydrogen-bond acceptors (Lipinski definition) is 3. The van der Waals surface area contributed by atoms with Gasteiger partial charge in [0.05, 0.1) is 6.54 Å². The van der Waals surface area contributed by atoms with Crippen molar-refractivity contribution in [3.05, 3.63) is 35.4 Å². The standard InChI is InChI=1S/C22H29F2N3O2/c1-21(2)12-22(21,18-7-6-17(23)9-19(18)24)13-27-20(29)26-11-16-5-3-4-15(8-16)10-25-14-28/h6-7,9,15-16H,3-5,8,10-13H2,1-2H3,(H2,26,27,29). The highest BCUT2D eigenvalue weighted by Gasteiger charge is 2.62. The van der Waals surface area contributed by atoms with Gasteiger partial charge in [0.25, 0.3) is 0 Å². The molecular formula is C22H29F2N3O2. The topological polar surface area (TPSA) is 70.6 Å². The van der Waals surface area contributed by atoms with Crippen LogP contribution in [0.2, 0.25) is 0 Å². The molecule has 3 atom stereocenters. The van der Waals surface area contributed by atoms with Gasteiger partial charge in [-0.15, -0.1) is 0 Å². The second-order valence-electron chi connectivity index (χ2n) is 9.16. The number of rotatable bonds is 7. The van der Waals surface area contributed by atoms with Crippen LogP contribution in [0.1, 0.15) is 51.5 Å². The Bertz CT molecular complexity index is 807. The van der Waals surface area contributed by atoms with E-state index in [2.05, 4.69) is 15.6 Å². The van der Waals surface area contributed by atoms with Gasteiger partial charge in [-0.2, -0.15) is 0 Å². The number of nitrogens with one attached hydrogen (secondary N) is 2. The maximum absolute atomic E-state index is 14.4. The first-order valence-electron chi connectivity index (χ1n) is 10.3. The molecule has 1 aromatic rings. The number of halogens is 2. The zero-order valence-corrected chi connectivity index (χ0v) is 17.1. The number of carbonyl (C=O) groups excluding carboxylic acids is 2. The Hall–Kier alpha value is -2.27. The monoisotopic (exact) mass is 405 g/mol. The summed E-state index contributed by atoms with van der Waals surface area (Å²) in [5, 5.41) is 5.81. The fourth-order valence-corrected chi connectivity index (χ4v) is 4.90. The normalized spacial score (nSPS) is 27.6. The first-order chi connectivity index (χ1) is 13.8. The second-order valence-corrected chi connectivity index (χ2v) is 9.16. The maximum Gasteiger partial charge on any atom is 0.314 e. The van der Waals surface area contributed by atoms with E-state index < -0.39 is 17.0 Å². The molecule has 2 aliphatic carbocycles. The molecule has 2 amide bonds. The highest BCUT2D eigenvalue weighted by molar-refractivity contribution is 5.74. The third-order valence-electron chi connectivity index (χ3n) is 6.77. The molecule has 2 aliphatic rings. The molecule has 0 aliphatic heterocycles. The maximum atomic E-state index is 14.4. The lowest BCUT2D eigenvalue weighted by molar-refractivity contribution is 0.228. The van der Waals surface area contributed by atoms with E-state index in [1.807, 2.05) is 13.8 Å². The average molecular weight is 405 g/mol. The lowest BCUT2D eigenvalue weighted by Gasteiger charge is -2.28. The molecule has 5 nitrogen and oxygen atoms in total. The molecule has 0 aromatic heterocycles. The van der Waals surface area contributed by atoms with Crippen LogP contribution in [0.3, 0.4) is 0 Å². The molecule has 0 heterocycles. The van der Waals surface area contributed by atoms with Crippen molar-refractivity contribution < 1.29 is 18.4 Å². The van der Waals surface area contributed by atoms with Gasteiger partial charge < -0.3 is 10.6 Å². The van der Waals surface area contributed by atoms with Crippen LogP contribution in [0.25, 0.3) is 0 Å². The molecule has 0 spiro atoms. The van der Waals surface area contributed by atoms with E-state index in [1.54, 1.807) is 6.08 Å². The minimum Gasteiger partial charge on any atom is -0.338 e. The minimum absolute atomic E-state index is 0.172. The molecule has 1 aromatic carbocycles. The van der Waals surface area contributed by atoms with Crippen molar-refractivity contribution in [2.24, 2.45) is 22.2 Å². The summed E-state index contributed by atoms with van der Waals surface area (Å²) in [7, 11) is 0. The van der Waals surface area contributed by atoms with Crippen molar-refractivity contribution in [3.63, 3.8) is 0 Å². The van der Waals surface area contributed by atoms with Crippen LogP contribution in [0.4, 0.5) is 13.6 Å². The Morgan fingerprint density at radius 3 is 2.62 bits per heavy atom. The zero-order chi connectivity index (χ0) is 21.1. The third-order valence-corrected chi connectivity index (χ3v) is 6.77. The summed E-state index contributed by atoms with van der Waals surface area (Å²) in [6, 6.07) is 3.38. The van der Waals surface area contributed by atoms with E-state index in [0.29, 0.717) is 37.0 Å². The number of amides is 2. The van der Waals surface area contributed by atoms with Crippen LogP contribution in [-0.4, -0.2) is 31.7 Å². The number of carbonyl (C=O) groups is 1. The summed E-state index contributed by atoms with van der Waals surface area (Å²) in [5.41, 5.74) is -0.241. The lowest BCUT2D eigenvalue weighted by atomic mass is 9.81. The largest absolute Gasteiger partial charge is 0.338 e. The highest BCUT2D eigenvalue weighted by atomic mass is 19.1. The summed E-state index contributed by atoms with van der Waals surface area (Å²) >= 11 is 0. The van der Waals surface area contributed by atoms with Crippen molar-refractivity contribution in [2.45, 2.75) is 51.4 Å². The number of hydrogen-bond donors (Lipinski definition) is 2. The van der Waals surface area contributed by atoms with Crippen molar-refractivity contribution >= 4 is 12.1 Å². The predicted molar refractivity (Wildman–Crippen MR) is 106 cm³/mol. The van der Waals surface area contributed by atoms with Gasteiger partial charge in [-0.1, -0.05) is 26.3 Å². The Balaban J connectivity index is 1.52. The summed E-state index contributed by atoms with van der Waals surface area (Å²) in [6.45, 7) is 5.43. The lowest BCUT2D eigenvalue weighted by Crippen LogP contribution is -2.43. The van der Waals surface area contributed by atoms with E-state index in [0.717, 1.165) is 38.2 Å². The van der Waals surface area contributed by atoms with Gasteiger partial charge in [0.1, 0.15) is 11.6 Å². The van der Waals surface area contributed by atoms with Crippen LogP contribution in [0.15, 0.2) is 23.2 Å². The highest BCUT2D eigenvalue weighted by Crippen LogP contribution is 2.64. The van der Waals surface area contributed by atoms with E-state index >= 15 is 0 Å². The Labute approximate surface area is 170 Å². The van der Waals surface area contributed by atoms with E-state index in [9.17, 15) is 18.4 Å². The fraction of sp³-hybridized carbons (Fsp3) is 0.636. The van der Waals surface area contributed by atoms with Crippen LogP contribution in [0, 0.1) is 28.9 Å². The molecule has 158 valence electrons. The molecule has 0 bridgehead atoms. The Morgan fingerprint density at radius 2 is 1.97 bits per heavy atom. The molecule has 3 unspecified atom stereocenters. The number of urea groups is 1. The van der Waals surface area contributed by atoms with Crippen molar-refractivity contribution in [1.29, 1.82) is 0 Å². The van der Waals surface area contributed by atoms with Gasteiger partial charge in [-0.3, -0.25) is 0 Å². The summed E-state index contributed by atoms with van der Waals surface area (Å²) < 4.78 is 27.7. The van der Waals surface area contributed by atoms with E-state index in [1.165, 1.54) is 12.1 Å². The number of aliphatic imine (C=N–C) groups is 1. The van der Waals surface area contributed by atoms with Gasteiger partial charge in [0.2, 0.25) is 6.08 Å². The first kappa shape index (κ1) is 21.4. The van der Waals surface area contributed by atoms with Crippen LogP contribution >= 0.6 is 0 Å². The van der Waals surface area contributed by atoms with Crippen molar-refractivity contribution in [1.82, 2.24) is 10.6 Å². The summed E-state index contributed by atoms with van der Waals surface area (Å²) in [5.74, 6) is -0.432. The number of benzene rings is 1. The Morgan fingerprint density at radius 1 is 1.24 bits per heavy atom. The zero-order valence-electron chi connectivity index (χ0n) is 17.1. The van der Waals surface area contributed by atoms with Crippen LogP contribution in [-0.2, 0) is 10.2 Å². The van der Waals surface area contributed by atoms with Gasteiger partial charge >= 0.3 is 6.03 Å². The third kappa shape index (κ3) is 4.84. The smallest absolute Gasteiger partial charge is 0.314 e. The molecular weight excluding hydrogens is 376 g/mol. The first-order valence-corrected chi connectivity index (χ1v) is 10.3. The number of nitrogens with zero attached hydrogens (tertiary/aromatic N) is 1. The minimum atomic E-state index is -0.602. The number of isocyanates is 1. The molecule has 7 heteroatoms. The van der Waals surface area contributed by atoms with Crippen molar-refractivity contribution in [2.75, 3.05) is 19.6 Å². The SMILES string of the molecule is CC1(C)CC1(CNC(=O)NCC1CCCC(CN=C=O)C1)c1ccc(F)cc1F. The van der Waals surface area contributed by atoms with Gasteiger partial charge in [0, 0.05) is 24.6 Å².